The zero-order chi connectivity index (χ0) is 18.5. The molecule has 3 rings (SSSR count). The second kappa shape index (κ2) is 8.29. The van der Waals surface area contributed by atoms with Gasteiger partial charge in [0, 0.05) is 22.0 Å². The van der Waals surface area contributed by atoms with E-state index < -0.39 is 16.7 Å². The Labute approximate surface area is 157 Å². The highest BCUT2D eigenvalue weighted by molar-refractivity contribution is 7.84. The standard InChI is InChI=1S/C19H15ClFNO3S/c20-14-5-3-6-16(10-14)26(24)12-15-8-9-18(25-15)19(23)22-11-13-4-1-2-7-17(13)21/h1-10H,11-12H2,(H,22,23)/t26-/m0/s1. The summed E-state index contributed by atoms with van der Waals surface area (Å²) in [5.41, 5.74) is 0.384. The molecule has 1 amide bonds. The van der Waals surface area contributed by atoms with Gasteiger partial charge in [-0.1, -0.05) is 35.9 Å². The average Bonchev–Trinajstić information content (AvgIpc) is 3.09. The molecule has 26 heavy (non-hydrogen) atoms. The molecule has 134 valence electrons. The lowest BCUT2D eigenvalue weighted by Gasteiger charge is -2.04. The Kier molecular flexibility index (Phi) is 5.85. The lowest BCUT2D eigenvalue weighted by molar-refractivity contribution is 0.0921. The zero-order valence-electron chi connectivity index (χ0n) is 13.6. The van der Waals surface area contributed by atoms with Crippen molar-refractivity contribution >= 4 is 28.3 Å². The summed E-state index contributed by atoms with van der Waals surface area (Å²) in [6.45, 7) is 0.0516. The molecule has 0 saturated heterocycles. The number of carbonyl (C=O) groups is 1. The van der Waals surface area contributed by atoms with Gasteiger partial charge in [0.15, 0.2) is 5.76 Å². The molecule has 1 N–H and O–H groups in total. The predicted octanol–water partition coefficient (Wildman–Crippen LogP) is 4.31. The van der Waals surface area contributed by atoms with E-state index in [1.54, 1.807) is 48.5 Å². The first-order valence-electron chi connectivity index (χ1n) is 7.77. The first kappa shape index (κ1) is 18.4. The van der Waals surface area contributed by atoms with E-state index in [-0.39, 0.29) is 23.9 Å². The Morgan fingerprint density at radius 1 is 1.12 bits per heavy atom. The maximum Gasteiger partial charge on any atom is 0.287 e. The van der Waals surface area contributed by atoms with Gasteiger partial charge < -0.3 is 9.73 Å². The van der Waals surface area contributed by atoms with E-state index in [1.165, 1.54) is 12.1 Å². The van der Waals surface area contributed by atoms with Gasteiger partial charge in [-0.15, -0.1) is 0 Å². The van der Waals surface area contributed by atoms with Crippen molar-refractivity contribution in [3.8, 4) is 0 Å². The number of amides is 1. The zero-order valence-corrected chi connectivity index (χ0v) is 15.1. The van der Waals surface area contributed by atoms with E-state index in [0.29, 0.717) is 21.2 Å². The fraction of sp³-hybridized carbons (Fsp3) is 0.105. The van der Waals surface area contributed by atoms with Crippen LogP contribution < -0.4 is 5.32 Å². The van der Waals surface area contributed by atoms with E-state index in [2.05, 4.69) is 5.32 Å². The minimum atomic E-state index is -1.34. The summed E-state index contributed by atoms with van der Waals surface area (Å²) in [4.78, 5) is 12.7. The molecule has 0 bridgehead atoms. The molecule has 0 spiro atoms. The summed E-state index contributed by atoms with van der Waals surface area (Å²) >= 11 is 5.90. The molecule has 2 aromatic carbocycles. The molecular formula is C19H15ClFNO3S. The van der Waals surface area contributed by atoms with Crippen LogP contribution >= 0.6 is 11.6 Å². The first-order valence-corrected chi connectivity index (χ1v) is 9.47. The van der Waals surface area contributed by atoms with Crippen molar-refractivity contribution in [3.63, 3.8) is 0 Å². The van der Waals surface area contributed by atoms with Crippen LogP contribution in [0.5, 0.6) is 0 Å². The Morgan fingerprint density at radius 2 is 1.92 bits per heavy atom. The van der Waals surface area contributed by atoms with E-state index in [0.717, 1.165) is 0 Å². The molecule has 0 aliphatic carbocycles. The maximum atomic E-state index is 13.6. The monoisotopic (exact) mass is 391 g/mol. The highest BCUT2D eigenvalue weighted by Gasteiger charge is 2.14. The number of rotatable bonds is 6. The van der Waals surface area contributed by atoms with Crippen molar-refractivity contribution in [3.05, 3.63) is 88.6 Å². The number of carbonyl (C=O) groups excluding carboxylic acids is 1. The van der Waals surface area contributed by atoms with Crippen LogP contribution in [0.2, 0.25) is 5.02 Å². The van der Waals surface area contributed by atoms with Crippen LogP contribution in [0.15, 0.2) is 70.0 Å². The Balaban J connectivity index is 1.61. The molecular weight excluding hydrogens is 377 g/mol. The molecule has 4 nitrogen and oxygen atoms in total. The summed E-state index contributed by atoms with van der Waals surface area (Å²) in [5.74, 6) is -0.224. The van der Waals surface area contributed by atoms with Gasteiger partial charge in [0.2, 0.25) is 0 Å². The van der Waals surface area contributed by atoms with Crippen molar-refractivity contribution in [2.45, 2.75) is 17.2 Å². The van der Waals surface area contributed by atoms with Gasteiger partial charge in [-0.05, 0) is 36.4 Å². The summed E-state index contributed by atoms with van der Waals surface area (Å²) in [6.07, 6.45) is 0. The van der Waals surface area contributed by atoms with E-state index in [4.69, 9.17) is 16.0 Å². The van der Waals surface area contributed by atoms with Gasteiger partial charge in [-0.3, -0.25) is 9.00 Å². The topological polar surface area (TPSA) is 59.3 Å². The third-order valence-electron chi connectivity index (χ3n) is 3.62. The minimum Gasteiger partial charge on any atom is -0.455 e. The smallest absolute Gasteiger partial charge is 0.287 e. The summed E-state index contributed by atoms with van der Waals surface area (Å²) < 4.78 is 31.4. The average molecular weight is 392 g/mol. The van der Waals surface area contributed by atoms with E-state index >= 15 is 0 Å². The number of nitrogens with one attached hydrogen (secondary N) is 1. The number of halogens is 2. The van der Waals surface area contributed by atoms with Gasteiger partial charge in [0.25, 0.3) is 5.91 Å². The summed E-state index contributed by atoms with van der Waals surface area (Å²) in [6, 6.07) is 16.1. The Hall–Kier alpha value is -2.44. The normalized spacial score (nSPS) is 11.9. The van der Waals surface area contributed by atoms with Gasteiger partial charge in [-0.2, -0.15) is 0 Å². The largest absolute Gasteiger partial charge is 0.455 e. The molecule has 3 aromatic rings. The SMILES string of the molecule is O=C(NCc1ccccc1F)c1ccc(C[S@](=O)c2cccc(Cl)c2)o1. The van der Waals surface area contributed by atoms with Crippen LogP contribution in [0.3, 0.4) is 0 Å². The van der Waals surface area contributed by atoms with Crippen molar-refractivity contribution in [1.29, 1.82) is 0 Å². The second-order valence-corrected chi connectivity index (χ2v) is 7.37. The third kappa shape index (κ3) is 4.59. The Morgan fingerprint density at radius 3 is 2.69 bits per heavy atom. The van der Waals surface area contributed by atoms with Crippen molar-refractivity contribution in [2.24, 2.45) is 0 Å². The molecule has 0 unspecified atom stereocenters. The van der Waals surface area contributed by atoms with Crippen LogP contribution in [0.4, 0.5) is 4.39 Å². The number of furan rings is 1. The molecule has 1 aromatic heterocycles. The van der Waals surface area contributed by atoms with Crippen LogP contribution in [0, 0.1) is 5.82 Å². The molecule has 0 saturated carbocycles. The highest BCUT2D eigenvalue weighted by Crippen LogP contribution is 2.18. The molecule has 7 heteroatoms. The minimum absolute atomic E-state index is 0.0516. The summed E-state index contributed by atoms with van der Waals surface area (Å²) in [5, 5.41) is 3.10. The summed E-state index contributed by atoms with van der Waals surface area (Å²) in [7, 11) is -1.34. The number of hydrogen-bond donors (Lipinski definition) is 1. The molecule has 0 aliphatic rings. The number of benzene rings is 2. The van der Waals surface area contributed by atoms with Crippen LogP contribution in [-0.2, 0) is 23.1 Å². The lowest BCUT2D eigenvalue weighted by atomic mass is 10.2. The third-order valence-corrected chi connectivity index (χ3v) is 5.18. The molecule has 0 radical (unpaired) electrons. The molecule has 1 heterocycles. The maximum absolute atomic E-state index is 13.6. The Bertz CT molecular complexity index is 957. The fourth-order valence-electron chi connectivity index (χ4n) is 2.30. The molecule has 0 fully saturated rings. The predicted molar refractivity (Wildman–Crippen MR) is 97.8 cm³/mol. The van der Waals surface area contributed by atoms with Crippen molar-refractivity contribution < 1.29 is 17.8 Å². The van der Waals surface area contributed by atoms with Gasteiger partial charge >= 0.3 is 0 Å². The fourth-order valence-corrected chi connectivity index (χ4v) is 3.63. The first-order chi connectivity index (χ1) is 12.5. The highest BCUT2D eigenvalue weighted by atomic mass is 35.5. The number of hydrogen-bond acceptors (Lipinski definition) is 3. The van der Waals surface area contributed by atoms with Crippen molar-refractivity contribution in [1.82, 2.24) is 5.32 Å². The van der Waals surface area contributed by atoms with Gasteiger partial charge in [-0.25, -0.2) is 4.39 Å². The second-order valence-electron chi connectivity index (χ2n) is 5.49. The van der Waals surface area contributed by atoms with E-state index in [9.17, 15) is 13.4 Å². The van der Waals surface area contributed by atoms with Crippen LogP contribution in [0.1, 0.15) is 21.9 Å². The van der Waals surface area contributed by atoms with Crippen LogP contribution in [0.25, 0.3) is 0 Å². The van der Waals surface area contributed by atoms with Gasteiger partial charge in [0.1, 0.15) is 11.6 Å². The molecule has 0 aliphatic heterocycles. The van der Waals surface area contributed by atoms with Crippen LogP contribution in [-0.4, -0.2) is 10.1 Å². The molecule has 1 atom stereocenters. The van der Waals surface area contributed by atoms with E-state index in [1.807, 2.05) is 0 Å². The quantitative estimate of drug-likeness (QED) is 0.681. The van der Waals surface area contributed by atoms with Crippen molar-refractivity contribution in [2.75, 3.05) is 0 Å². The lowest BCUT2D eigenvalue weighted by Crippen LogP contribution is -2.22. The van der Waals surface area contributed by atoms with Gasteiger partial charge in [0.05, 0.1) is 16.6 Å².